The summed E-state index contributed by atoms with van der Waals surface area (Å²) in [5.41, 5.74) is 0. The first-order valence-corrected chi connectivity index (χ1v) is 0. The van der Waals surface area contributed by atoms with Crippen LogP contribution in [0.25, 0.3) is 0 Å². The third kappa shape index (κ3) is 8.82. The van der Waals surface area contributed by atoms with Crippen molar-refractivity contribution in [3.05, 3.63) is 0 Å². The van der Waals surface area contributed by atoms with Crippen molar-refractivity contribution in [3.8, 4) is 0 Å². The molecule has 23 valence electrons. The molecule has 0 aromatic carbocycles. The fraction of sp³-hybridized carbons (Fsp3) is 0. The predicted octanol–water partition coefficient (Wildman–Crippen LogP) is -2.11. The molecule has 4 heteroatoms. The fourth-order valence-corrected chi connectivity index (χ4v) is 0. The van der Waals surface area contributed by atoms with E-state index in [1.54, 1.807) is 0 Å². The molecule has 0 aliphatic rings. The van der Waals surface area contributed by atoms with Gasteiger partial charge in [0.1, 0.15) is 0 Å². The quantitative estimate of drug-likeness (QED) is 0.398. The van der Waals surface area contributed by atoms with Gasteiger partial charge in [-0.2, -0.15) is 0 Å². The first-order valence-electron chi connectivity index (χ1n) is 0. The Morgan fingerprint density at radius 3 is 1.00 bits per heavy atom. The van der Waals surface area contributed by atoms with E-state index in [1.165, 1.54) is 0 Å². The largest absolute Gasteiger partial charge is 0.316 e. The van der Waals surface area contributed by atoms with Crippen molar-refractivity contribution in [2.24, 2.45) is 0 Å². The molecule has 0 spiro atoms. The summed E-state index contributed by atoms with van der Waals surface area (Å²) in [5.74, 6) is 0. The smallest absolute Gasteiger partial charge is 0 e. The molecule has 1 radical (unpaired) electrons. The van der Waals surface area contributed by atoms with E-state index in [2.05, 4.69) is 0 Å². The van der Waals surface area contributed by atoms with Gasteiger partial charge in [-0.25, -0.2) is 0 Å². The van der Waals surface area contributed by atoms with E-state index in [0.717, 1.165) is 0 Å². The third-order valence-corrected chi connectivity index (χ3v) is 0. The molecule has 0 unspecified atom stereocenters. The molecule has 0 aromatic rings. The minimum atomic E-state index is 0. The van der Waals surface area contributed by atoms with Crippen LogP contribution in [0, 0.1) is 0 Å². The van der Waals surface area contributed by atoms with Crippen molar-refractivity contribution < 1.29 is 43.0 Å². The minimum absolute atomic E-state index is 0. The number of hydrogen-bond donors (Lipinski definition) is 0. The van der Waals surface area contributed by atoms with Crippen LogP contribution in [0.5, 0.6) is 0 Å². The summed E-state index contributed by atoms with van der Waals surface area (Å²) in [6, 6.07) is 0. The molecule has 0 bridgehead atoms. The van der Waals surface area contributed by atoms with E-state index >= 15 is 0 Å². The number of hydrogen-bond acceptors (Lipinski definition) is 0. The number of rotatable bonds is 0. The topological polar surface area (TPSA) is 0 Å². The van der Waals surface area contributed by atoms with Crippen molar-refractivity contribution in [3.63, 3.8) is 0 Å². The van der Waals surface area contributed by atoms with E-state index in [4.69, 9.17) is 0 Å². The Hall–Kier alpha value is 2.69. The van der Waals surface area contributed by atoms with E-state index in [0.29, 0.717) is 0 Å². The molecule has 0 saturated carbocycles. The van der Waals surface area contributed by atoms with Crippen LogP contribution in [0.4, 0.5) is 0 Å². The zero-order valence-electron chi connectivity index (χ0n) is 0.833. The van der Waals surface area contributed by atoms with Gasteiger partial charge in [0.05, 0.1) is 0 Å². The molecule has 0 nitrogen and oxygen atoms in total. The van der Waals surface area contributed by atoms with Crippen molar-refractivity contribution in [1.29, 1.82) is 0 Å². The van der Waals surface area contributed by atoms with E-state index in [9.17, 15) is 0 Å². The van der Waals surface area contributed by atoms with Crippen LogP contribution in [0.2, 0.25) is 0 Å². The Bertz CT molecular complexity index is 8.00. The first kappa shape index (κ1) is 29.9. The summed E-state index contributed by atoms with van der Waals surface area (Å²) < 4.78 is 0. The van der Waals surface area contributed by atoms with E-state index in [-0.39, 0.29) is 83.4 Å². The van der Waals surface area contributed by atoms with Crippen LogP contribution in [0.1, 0.15) is 0 Å². The SMILES string of the molecule is [AlH3].[Co].[MgH2].[Zr]. The maximum absolute atomic E-state index is 0. The van der Waals surface area contributed by atoms with Gasteiger partial charge in [-0.3, -0.25) is 0 Å². The average Bonchev–Trinajstić information content (AvgIpc) is 0. The first-order chi connectivity index (χ1) is 0. The van der Waals surface area contributed by atoms with Crippen molar-refractivity contribution in [1.82, 2.24) is 0 Å². The molecule has 0 rings (SSSR count). The Kier molecular flexibility index (Phi) is 130. The van der Waals surface area contributed by atoms with Gasteiger partial charge in [-0.05, 0) is 0 Å². The molecule has 0 aliphatic heterocycles. The molecule has 0 heterocycles. The van der Waals surface area contributed by atoms with Crippen LogP contribution in [-0.2, 0) is 43.0 Å². The van der Waals surface area contributed by atoms with Crippen molar-refractivity contribution in [2.45, 2.75) is 0 Å². The van der Waals surface area contributed by atoms with Crippen LogP contribution in [0.3, 0.4) is 0 Å². The van der Waals surface area contributed by atoms with Crippen LogP contribution in [0.15, 0.2) is 0 Å². The van der Waals surface area contributed by atoms with Crippen LogP contribution >= 0.6 is 0 Å². The summed E-state index contributed by atoms with van der Waals surface area (Å²) in [7, 11) is 0. The van der Waals surface area contributed by atoms with E-state index in [1.807, 2.05) is 0 Å². The minimum Gasteiger partial charge on any atom is 0 e. The summed E-state index contributed by atoms with van der Waals surface area (Å²) in [6.07, 6.45) is 0. The molecule has 0 N–H and O–H groups in total. The molecule has 0 amide bonds. The van der Waals surface area contributed by atoms with Gasteiger partial charge in [0, 0.05) is 43.0 Å². The summed E-state index contributed by atoms with van der Waals surface area (Å²) in [4.78, 5) is 0. The summed E-state index contributed by atoms with van der Waals surface area (Å²) in [5, 5.41) is 0. The van der Waals surface area contributed by atoms with Crippen molar-refractivity contribution >= 4 is 40.4 Å². The van der Waals surface area contributed by atoms with Gasteiger partial charge < -0.3 is 0 Å². The second-order valence-electron chi connectivity index (χ2n) is 0. The monoisotopic (exact) mass is 205 g/mol. The zero-order valence-corrected chi connectivity index (χ0v) is 4.33. The fourth-order valence-electron chi connectivity index (χ4n) is 0. The second-order valence-corrected chi connectivity index (χ2v) is 0. The normalized spacial score (nSPS) is 0. The van der Waals surface area contributed by atoms with Crippen LogP contribution in [-0.4, -0.2) is 40.4 Å². The van der Waals surface area contributed by atoms with E-state index < -0.39 is 0 Å². The molecule has 0 aliphatic carbocycles. The summed E-state index contributed by atoms with van der Waals surface area (Å²) in [6.45, 7) is 0. The van der Waals surface area contributed by atoms with Gasteiger partial charge in [-0.1, -0.05) is 0 Å². The molecule has 4 heavy (non-hydrogen) atoms. The second kappa shape index (κ2) is 17.3. The Morgan fingerprint density at radius 2 is 1.00 bits per heavy atom. The van der Waals surface area contributed by atoms with Gasteiger partial charge in [0.15, 0.2) is 17.4 Å². The maximum Gasteiger partial charge on any atom is 0.316 e. The summed E-state index contributed by atoms with van der Waals surface area (Å²) >= 11 is 0. The zero-order chi connectivity index (χ0) is 0. The van der Waals surface area contributed by atoms with Crippen molar-refractivity contribution in [2.75, 3.05) is 0 Å². The predicted molar refractivity (Wildman–Crippen MR) is 18.5 cm³/mol. The standard InChI is InChI=1S/Al.Co.Mg.Zr.5H. The van der Waals surface area contributed by atoms with Crippen LogP contribution < -0.4 is 0 Å². The molecule has 0 saturated heterocycles. The van der Waals surface area contributed by atoms with Gasteiger partial charge >= 0.3 is 23.1 Å². The van der Waals surface area contributed by atoms with Gasteiger partial charge in [-0.15, -0.1) is 0 Å². The Balaban J connectivity index is 0. The Morgan fingerprint density at radius 1 is 1.00 bits per heavy atom. The molecule has 0 atom stereocenters. The molecule has 0 aromatic heterocycles. The maximum atomic E-state index is 0. The molecular formula is H5AlCoMgZr. The van der Waals surface area contributed by atoms with Gasteiger partial charge in [0.25, 0.3) is 0 Å². The van der Waals surface area contributed by atoms with Gasteiger partial charge in [0.2, 0.25) is 0 Å². The Labute approximate surface area is 82.1 Å². The molecule has 0 fully saturated rings. The molecular weight excluding hydrogens is 201 g/mol. The average molecular weight is 206 g/mol. The third-order valence-electron chi connectivity index (χ3n) is 0.